The van der Waals surface area contributed by atoms with Crippen molar-refractivity contribution in [3.05, 3.63) is 52.3 Å². The van der Waals surface area contributed by atoms with Crippen molar-refractivity contribution in [3.8, 4) is 0 Å². The van der Waals surface area contributed by atoms with E-state index in [-0.39, 0.29) is 18.0 Å². The topological polar surface area (TPSA) is 71.8 Å². The molecule has 0 spiro atoms. The van der Waals surface area contributed by atoms with Crippen molar-refractivity contribution in [1.82, 2.24) is 20.1 Å². The number of halogens is 1. The van der Waals surface area contributed by atoms with Gasteiger partial charge in [-0.3, -0.25) is 4.79 Å². The summed E-state index contributed by atoms with van der Waals surface area (Å²) in [6.07, 6.45) is 5.06. The molecule has 0 saturated carbocycles. The van der Waals surface area contributed by atoms with Crippen LogP contribution in [0.1, 0.15) is 49.2 Å². The van der Waals surface area contributed by atoms with Crippen LogP contribution < -0.4 is 10.6 Å². The zero-order chi connectivity index (χ0) is 21.4. The maximum atomic E-state index is 13.3. The van der Waals surface area contributed by atoms with Gasteiger partial charge in [-0.25, -0.2) is 9.67 Å². The molecule has 0 saturated heterocycles. The first-order valence-electron chi connectivity index (χ1n) is 10.6. The molecule has 1 aliphatic carbocycles. The Morgan fingerprint density at radius 1 is 1.23 bits per heavy atom. The third kappa shape index (κ3) is 3.88. The SMILES string of the molecule is CCn1ncc2c(N[C@@H](C)C(C)C)c(C(=O)NC3Cc4ccc(Cl)cc4C3)cnc21. The number of hydrogen-bond acceptors (Lipinski definition) is 4. The van der Waals surface area contributed by atoms with Crippen LogP contribution in [0.3, 0.4) is 0 Å². The van der Waals surface area contributed by atoms with Crippen molar-refractivity contribution < 1.29 is 4.79 Å². The van der Waals surface area contributed by atoms with E-state index in [1.54, 1.807) is 12.4 Å². The standard InChI is InChI=1S/C23H28ClN5O/c1-5-29-22-19(12-26-29)21(27-14(4)13(2)3)20(11-25-22)23(30)28-18-9-15-6-7-17(24)8-16(15)10-18/h6-8,11-14,18H,5,9-10H2,1-4H3,(H,25,27)(H,28,30)/t14-,18?/m0/s1. The summed E-state index contributed by atoms with van der Waals surface area (Å²) in [6, 6.07) is 6.20. The van der Waals surface area contributed by atoms with E-state index in [4.69, 9.17) is 11.6 Å². The second kappa shape index (κ2) is 8.26. The first kappa shape index (κ1) is 20.7. The quantitative estimate of drug-likeness (QED) is 0.611. The molecule has 0 aliphatic heterocycles. The van der Waals surface area contributed by atoms with Crippen LogP contribution in [-0.2, 0) is 19.4 Å². The van der Waals surface area contributed by atoms with Crippen molar-refractivity contribution in [2.75, 3.05) is 5.32 Å². The van der Waals surface area contributed by atoms with Crippen LogP contribution >= 0.6 is 11.6 Å². The molecule has 1 aliphatic rings. The Morgan fingerprint density at radius 2 is 2.00 bits per heavy atom. The molecule has 1 amide bonds. The number of nitrogens with zero attached hydrogens (tertiary/aromatic N) is 3. The molecule has 1 aromatic carbocycles. The van der Waals surface area contributed by atoms with Gasteiger partial charge in [-0.1, -0.05) is 31.5 Å². The summed E-state index contributed by atoms with van der Waals surface area (Å²) in [5.41, 5.74) is 4.60. The largest absolute Gasteiger partial charge is 0.381 e. The van der Waals surface area contributed by atoms with E-state index >= 15 is 0 Å². The summed E-state index contributed by atoms with van der Waals surface area (Å²) in [7, 11) is 0. The molecule has 0 bridgehead atoms. The molecule has 1 unspecified atom stereocenters. The van der Waals surface area contributed by atoms with E-state index in [2.05, 4.69) is 41.5 Å². The molecule has 0 radical (unpaired) electrons. The highest BCUT2D eigenvalue weighted by atomic mass is 35.5. The molecule has 7 heteroatoms. The van der Waals surface area contributed by atoms with Gasteiger partial charge >= 0.3 is 0 Å². The summed E-state index contributed by atoms with van der Waals surface area (Å²) >= 11 is 6.13. The van der Waals surface area contributed by atoms with Gasteiger partial charge in [0.05, 0.1) is 22.8 Å². The second-order valence-electron chi connectivity index (χ2n) is 8.41. The van der Waals surface area contributed by atoms with Crippen molar-refractivity contribution in [2.24, 2.45) is 5.92 Å². The van der Waals surface area contributed by atoms with Crippen LogP contribution in [0.4, 0.5) is 5.69 Å². The number of nitrogens with one attached hydrogen (secondary N) is 2. The highest BCUT2D eigenvalue weighted by Crippen LogP contribution is 2.29. The van der Waals surface area contributed by atoms with E-state index in [1.165, 1.54) is 11.1 Å². The molecule has 2 heterocycles. The second-order valence-corrected chi connectivity index (χ2v) is 8.85. The number of anilines is 1. The minimum absolute atomic E-state index is 0.0513. The molecule has 3 aromatic rings. The summed E-state index contributed by atoms with van der Waals surface area (Å²) in [5.74, 6) is 0.301. The number of benzene rings is 1. The summed E-state index contributed by atoms with van der Waals surface area (Å²) in [4.78, 5) is 17.8. The fraction of sp³-hybridized carbons (Fsp3) is 0.435. The molecular weight excluding hydrogens is 398 g/mol. The highest BCUT2D eigenvalue weighted by Gasteiger charge is 2.26. The molecule has 2 aromatic heterocycles. The molecule has 2 N–H and O–H groups in total. The van der Waals surface area contributed by atoms with Gasteiger partial charge in [0.1, 0.15) is 0 Å². The number of hydrogen-bond donors (Lipinski definition) is 2. The monoisotopic (exact) mass is 425 g/mol. The number of carbonyl (C=O) groups excluding carboxylic acids is 1. The molecule has 0 fully saturated rings. The van der Waals surface area contributed by atoms with E-state index in [1.807, 2.05) is 29.8 Å². The lowest BCUT2D eigenvalue weighted by molar-refractivity contribution is 0.0939. The lowest BCUT2D eigenvalue weighted by Gasteiger charge is -2.22. The van der Waals surface area contributed by atoms with Crippen molar-refractivity contribution in [3.63, 3.8) is 0 Å². The zero-order valence-electron chi connectivity index (χ0n) is 17.9. The molecular formula is C23H28ClN5O. The van der Waals surface area contributed by atoms with Crippen LogP contribution in [-0.4, -0.2) is 32.8 Å². The van der Waals surface area contributed by atoms with Gasteiger partial charge in [0.15, 0.2) is 5.65 Å². The zero-order valence-corrected chi connectivity index (χ0v) is 18.6. The maximum Gasteiger partial charge on any atom is 0.255 e. The Morgan fingerprint density at radius 3 is 2.73 bits per heavy atom. The minimum atomic E-state index is -0.115. The average Bonchev–Trinajstić information content (AvgIpc) is 3.30. The number of carbonyl (C=O) groups is 1. The van der Waals surface area contributed by atoms with Crippen molar-refractivity contribution >= 4 is 34.2 Å². The number of pyridine rings is 1. The Kier molecular flexibility index (Phi) is 5.69. The third-order valence-electron chi connectivity index (χ3n) is 6.02. The molecule has 158 valence electrons. The van der Waals surface area contributed by atoms with E-state index < -0.39 is 0 Å². The van der Waals surface area contributed by atoms with E-state index in [0.717, 1.165) is 41.1 Å². The summed E-state index contributed by atoms with van der Waals surface area (Å²) in [5, 5.41) is 12.8. The van der Waals surface area contributed by atoms with Gasteiger partial charge in [-0.2, -0.15) is 5.10 Å². The molecule has 2 atom stereocenters. The highest BCUT2D eigenvalue weighted by molar-refractivity contribution is 6.30. The lowest BCUT2D eigenvalue weighted by Crippen LogP contribution is -2.36. The normalized spacial score (nSPS) is 16.7. The molecule has 30 heavy (non-hydrogen) atoms. The summed E-state index contributed by atoms with van der Waals surface area (Å²) < 4.78 is 1.85. The minimum Gasteiger partial charge on any atom is -0.381 e. The van der Waals surface area contributed by atoms with Crippen LogP contribution in [0.15, 0.2) is 30.6 Å². The first-order chi connectivity index (χ1) is 14.4. The fourth-order valence-electron chi connectivity index (χ4n) is 3.93. The van der Waals surface area contributed by atoms with Crippen LogP contribution in [0, 0.1) is 5.92 Å². The van der Waals surface area contributed by atoms with Gasteiger partial charge < -0.3 is 10.6 Å². The number of aromatic nitrogens is 3. The average molecular weight is 426 g/mol. The Balaban J connectivity index is 1.63. The Labute approximate surface area is 182 Å². The van der Waals surface area contributed by atoms with Crippen LogP contribution in [0.2, 0.25) is 5.02 Å². The lowest BCUT2D eigenvalue weighted by atomic mass is 10.0. The Hall–Kier alpha value is -2.60. The third-order valence-corrected chi connectivity index (χ3v) is 6.25. The molecule has 6 nitrogen and oxygen atoms in total. The number of aryl methyl sites for hydroxylation is 1. The van der Waals surface area contributed by atoms with Crippen LogP contribution in [0.5, 0.6) is 0 Å². The number of fused-ring (bicyclic) bond motifs is 2. The number of amides is 1. The van der Waals surface area contributed by atoms with Crippen molar-refractivity contribution in [2.45, 2.75) is 59.2 Å². The van der Waals surface area contributed by atoms with Gasteiger partial charge in [-0.05, 0) is 55.9 Å². The van der Waals surface area contributed by atoms with Gasteiger partial charge in [0.2, 0.25) is 0 Å². The fourth-order valence-corrected chi connectivity index (χ4v) is 4.13. The molecule has 4 rings (SSSR count). The Bertz CT molecular complexity index is 1090. The van der Waals surface area contributed by atoms with Gasteiger partial charge in [0.25, 0.3) is 5.91 Å². The van der Waals surface area contributed by atoms with Gasteiger partial charge in [-0.15, -0.1) is 0 Å². The van der Waals surface area contributed by atoms with Gasteiger partial charge in [0, 0.05) is 29.8 Å². The van der Waals surface area contributed by atoms with E-state index in [9.17, 15) is 4.79 Å². The number of rotatable bonds is 6. The van der Waals surface area contributed by atoms with E-state index in [0.29, 0.717) is 11.5 Å². The maximum absolute atomic E-state index is 13.3. The van der Waals surface area contributed by atoms with Crippen LogP contribution in [0.25, 0.3) is 11.0 Å². The summed E-state index contributed by atoms with van der Waals surface area (Å²) in [6.45, 7) is 9.20. The predicted octanol–water partition coefficient (Wildman–Crippen LogP) is 4.46. The van der Waals surface area contributed by atoms with Crippen molar-refractivity contribution in [1.29, 1.82) is 0 Å². The predicted molar refractivity (Wildman–Crippen MR) is 121 cm³/mol. The smallest absolute Gasteiger partial charge is 0.255 e. The first-order valence-corrected chi connectivity index (χ1v) is 10.9.